The van der Waals surface area contributed by atoms with Crippen LogP contribution in [0.25, 0.3) is 0 Å². The standard InChI is InChI=1S/C18H31N3O2S/c1-7-19-15(20-12-17(4,22)14-9-8-10-24-14)21-13-11-18(5,23-6)16(13,2)3/h8-10,13,22H,7,11-12H2,1-6H3,(H2,19,20,21). The number of nitrogens with one attached hydrogen (secondary N) is 2. The molecule has 2 rings (SSSR count). The Morgan fingerprint density at radius 1 is 1.50 bits per heavy atom. The topological polar surface area (TPSA) is 65.9 Å². The Labute approximate surface area is 149 Å². The highest BCUT2D eigenvalue weighted by atomic mass is 32.1. The van der Waals surface area contributed by atoms with Gasteiger partial charge in [0.15, 0.2) is 5.96 Å². The van der Waals surface area contributed by atoms with Gasteiger partial charge in [-0.05, 0) is 38.6 Å². The second kappa shape index (κ2) is 7.02. The minimum Gasteiger partial charge on any atom is -0.383 e. The molecule has 3 atom stereocenters. The van der Waals surface area contributed by atoms with Gasteiger partial charge in [0, 0.05) is 30.0 Å². The lowest BCUT2D eigenvalue weighted by Crippen LogP contribution is -2.69. The molecule has 0 radical (unpaired) electrons. The Bertz CT molecular complexity index is 569. The zero-order valence-corrected chi connectivity index (χ0v) is 16.5. The van der Waals surface area contributed by atoms with Gasteiger partial charge in [-0.15, -0.1) is 11.3 Å². The van der Waals surface area contributed by atoms with Gasteiger partial charge in [0.25, 0.3) is 0 Å². The van der Waals surface area contributed by atoms with Crippen LogP contribution in [-0.4, -0.2) is 42.9 Å². The van der Waals surface area contributed by atoms with Crippen molar-refractivity contribution in [2.45, 2.75) is 58.3 Å². The Kier molecular flexibility index (Phi) is 5.62. The van der Waals surface area contributed by atoms with E-state index in [4.69, 9.17) is 4.74 Å². The van der Waals surface area contributed by atoms with E-state index < -0.39 is 5.60 Å². The molecule has 0 bridgehead atoms. The molecular formula is C18H31N3O2S. The highest BCUT2D eigenvalue weighted by molar-refractivity contribution is 7.10. The second-order valence-corrected chi connectivity index (χ2v) is 8.45. The van der Waals surface area contributed by atoms with E-state index in [1.54, 1.807) is 25.4 Å². The molecule has 136 valence electrons. The molecule has 1 aliphatic rings. The normalized spacial score (nSPS) is 28.8. The average Bonchev–Trinajstić information content (AvgIpc) is 3.07. The summed E-state index contributed by atoms with van der Waals surface area (Å²) >= 11 is 1.55. The quantitative estimate of drug-likeness (QED) is 0.543. The number of aliphatic imine (C=N–C) groups is 1. The summed E-state index contributed by atoms with van der Waals surface area (Å²) in [5, 5.41) is 19.4. The number of nitrogens with zero attached hydrogens (tertiary/aromatic N) is 1. The molecule has 1 fully saturated rings. The minimum absolute atomic E-state index is 0.00815. The van der Waals surface area contributed by atoms with E-state index in [2.05, 4.69) is 36.4 Å². The molecule has 1 aliphatic carbocycles. The van der Waals surface area contributed by atoms with Crippen molar-refractivity contribution >= 4 is 17.3 Å². The first-order chi connectivity index (χ1) is 11.2. The Hall–Kier alpha value is -1.11. The van der Waals surface area contributed by atoms with Crippen molar-refractivity contribution in [2.24, 2.45) is 10.4 Å². The molecule has 0 aliphatic heterocycles. The summed E-state index contributed by atoms with van der Waals surface area (Å²) in [4.78, 5) is 5.54. The van der Waals surface area contributed by atoms with Gasteiger partial charge in [-0.1, -0.05) is 19.9 Å². The van der Waals surface area contributed by atoms with E-state index >= 15 is 0 Å². The smallest absolute Gasteiger partial charge is 0.191 e. The van der Waals surface area contributed by atoms with E-state index in [0.717, 1.165) is 23.8 Å². The molecule has 6 heteroatoms. The molecule has 1 heterocycles. The first-order valence-electron chi connectivity index (χ1n) is 8.52. The lowest BCUT2D eigenvalue weighted by molar-refractivity contribution is -0.176. The maximum Gasteiger partial charge on any atom is 0.191 e. The lowest BCUT2D eigenvalue weighted by atomic mass is 9.56. The van der Waals surface area contributed by atoms with Crippen molar-refractivity contribution in [3.05, 3.63) is 22.4 Å². The summed E-state index contributed by atoms with van der Waals surface area (Å²) < 4.78 is 5.68. The van der Waals surface area contributed by atoms with Gasteiger partial charge in [-0.3, -0.25) is 0 Å². The molecule has 0 spiro atoms. The molecule has 24 heavy (non-hydrogen) atoms. The Balaban J connectivity index is 2.05. The Morgan fingerprint density at radius 3 is 2.71 bits per heavy atom. The third-order valence-corrected chi connectivity index (χ3v) is 6.65. The van der Waals surface area contributed by atoms with Crippen LogP contribution in [0.2, 0.25) is 0 Å². The lowest BCUT2D eigenvalue weighted by Gasteiger charge is -2.59. The fraction of sp³-hybridized carbons (Fsp3) is 0.722. The minimum atomic E-state index is -0.952. The number of ether oxygens (including phenoxy) is 1. The summed E-state index contributed by atoms with van der Waals surface area (Å²) in [7, 11) is 1.77. The number of methoxy groups -OCH3 is 1. The van der Waals surface area contributed by atoms with Crippen LogP contribution in [0, 0.1) is 5.41 Å². The van der Waals surface area contributed by atoms with Gasteiger partial charge in [-0.25, -0.2) is 4.99 Å². The molecule has 0 saturated heterocycles. The summed E-state index contributed by atoms with van der Waals surface area (Å²) in [6.45, 7) is 11.5. The van der Waals surface area contributed by atoms with E-state index in [0.29, 0.717) is 6.54 Å². The van der Waals surface area contributed by atoms with Crippen LogP contribution in [-0.2, 0) is 10.3 Å². The second-order valence-electron chi connectivity index (χ2n) is 7.50. The molecule has 3 unspecified atom stereocenters. The molecule has 1 aromatic rings. The number of hydrogen-bond donors (Lipinski definition) is 3. The number of aliphatic hydroxyl groups is 1. The monoisotopic (exact) mass is 353 g/mol. The maximum atomic E-state index is 10.6. The number of rotatable bonds is 6. The molecule has 5 nitrogen and oxygen atoms in total. The third kappa shape index (κ3) is 3.60. The molecule has 1 aromatic heterocycles. The van der Waals surface area contributed by atoms with Gasteiger partial charge in [0.2, 0.25) is 0 Å². The van der Waals surface area contributed by atoms with Crippen LogP contribution in [0.3, 0.4) is 0 Å². The van der Waals surface area contributed by atoms with E-state index in [-0.39, 0.29) is 17.1 Å². The first-order valence-corrected chi connectivity index (χ1v) is 9.40. The average molecular weight is 354 g/mol. The van der Waals surface area contributed by atoms with Gasteiger partial charge in [0.1, 0.15) is 5.60 Å². The predicted molar refractivity (Wildman–Crippen MR) is 101 cm³/mol. The summed E-state index contributed by atoms with van der Waals surface area (Å²) in [6, 6.07) is 4.18. The van der Waals surface area contributed by atoms with Crippen molar-refractivity contribution in [2.75, 3.05) is 20.2 Å². The number of thiophene rings is 1. The number of hydrogen-bond acceptors (Lipinski definition) is 4. The van der Waals surface area contributed by atoms with E-state index in [1.807, 2.05) is 24.4 Å². The fourth-order valence-corrected chi connectivity index (χ4v) is 3.88. The van der Waals surface area contributed by atoms with Crippen molar-refractivity contribution in [3.63, 3.8) is 0 Å². The molecule has 0 amide bonds. The van der Waals surface area contributed by atoms with E-state index in [9.17, 15) is 5.11 Å². The van der Waals surface area contributed by atoms with Gasteiger partial charge in [-0.2, -0.15) is 0 Å². The van der Waals surface area contributed by atoms with Crippen molar-refractivity contribution in [1.82, 2.24) is 10.6 Å². The van der Waals surface area contributed by atoms with Gasteiger partial charge >= 0.3 is 0 Å². The van der Waals surface area contributed by atoms with Crippen LogP contribution in [0.4, 0.5) is 0 Å². The largest absolute Gasteiger partial charge is 0.383 e. The summed E-state index contributed by atoms with van der Waals surface area (Å²) in [5.74, 6) is 0.741. The predicted octanol–water partition coefficient (Wildman–Crippen LogP) is 2.71. The summed E-state index contributed by atoms with van der Waals surface area (Å²) in [5.41, 5.74) is -1.06. The van der Waals surface area contributed by atoms with Crippen LogP contribution in [0.5, 0.6) is 0 Å². The summed E-state index contributed by atoms with van der Waals surface area (Å²) in [6.07, 6.45) is 0.933. The highest BCUT2D eigenvalue weighted by Gasteiger charge is 2.58. The zero-order valence-electron chi connectivity index (χ0n) is 15.6. The van der Waals surface area contributed by atoms with Crippen LogP contribution in [0.15, 0.2) is 22.5 Å². The molecule has 1 saturated carbocycles. The molecular weight excluding hydrogens is 322 g/mol. The maximum absolute atomic E-state index is 10.6. The van der Waals surface area contributed by atoms with Crippen molar-refractivity contribution in [3.8, 4) is 0 Å². The highest BCUT2D eigenvalue weighted by Crippen LogP contribution is 2.51. The van der Waals surface area contributed by atoms with Crippen LogP contribution >= 0.6 is 11.3 Å². The first kappa shape index (κ1) is 19.2. The molecule has 0 aromatic carbocycles. The van der Waals surface area contributed by atoms with Crippen molar-refractivity contribution in [1.29, 1.82) is 0 Å². The van der Waals surface area contributed by atoms with Crippen LogP contribution in [0.1, 0.15) is 45.9 Å². The van der Waals surface area contributed by atoms with Crippen LogP contribution < -0.4 is 10.6 Å². The van der Waals surface area contributed by atoms with Gasteiger partial charge < -0.3 is 20.5 Å². The van der Waals surface area contributed by atoms with Gasteiger partial charge in [0.05, 0.1) is 12.1 Å². The SMILES string of the molecule is CCNC(=NCC(C)(O)c1cccs1)NC1CC(C)(OC)C1(C)C. The fourth-order valence-electron chi connectivity index (χ4n) is 3.10. The Morgan fingerprint density at radius 2 is 2.21 bits per heavy atom. The number of guanidine groups is 1. The molecule has 3 N–H and O–H groups in total. The van der Waals surface area contributed by atoms with Crippen molar-refractivity contribution < 1.29 is 9.84 Å². The third-order valence-electron chi connectivity index (χ3n) is 5.53. The zero-order chi connectivity index (χ0) is 18.0. The van der Waals surface area contributed by atoms with E-state index in [1.165, 1.54) is 0 Å².